The summed E-state index contributed by atoms with van der Waals surface area (Å²) in [6, 6.07) is 3.46. The first kappa shape index (κ1) is 11.0. The number of aryl methyl sites for hydroxylation is 1. The van der Waals surface area contributed by atoms with Crippen molar-refractivity contribution in [1.29, 1.82) is 0 Å². The van der Waals surface area contributed by atoms with Gasteiger partial charge in [-0.1, -0.05) is 0 Å². The highest BCUT2D eigenvalue weighted by molar-refractivity contribution is 9.10. The number of fused-ring (bicyclic) bond motifs is 1. The Morgan fingerprint density at radius 2 is 2.19 bits per heavy atom. The van der Waals surface area contributed by atoms with Crippen LogP contribution in [0, 0.1) is 6.92 Å². The Morgan fingerprint density at radius 3 is 2.75 bits per heavy atom. The zero-order valence-electron chi connectivity index (χ0n) is 8.70. The minimum atomic E-state index is -1.07. The van der Waals surface area contributed by atoms with Crippen LogP contribution in [0.5, 0.6) is 5.75 Å². The molecule has 0 spiro atoms. The van der Waals surface area contributed by atoms with E-state index in [0.29, 0.717) is 16.9 Å². The van der Waals surface area contributed by atoms with Gasteiger partial charge in [0.15, 0.2) is 0 Å². The zero-order chi connectivity index (χ0) is 11.9. The lowest BCUT2D eigenvalue weighted by Crippen LogP contribution is -1.95. The second-order valence-corrected chi connectivity index (χ2v) is 4.20. The topological polar surface area (TPSA) is 59.7 Å². The van der Waals surface area contributed by atoms with Gasteiger partial charge in [-0.2, -0.15) is 0 Å². The van der Waals surface area contributed by atoms with Crippen molar-refractivity contribution in [3.63, 3.8) is 0 Å². The first-order chi connectivity index (χ1) is 7.54. The van der Waals surface area contributed by atoms with E-state index in [1.165, 1.54) is 0 Å². The summed E-state index contributed by atoms with van der Waals surface area (Å²) in [5.74, 6) is -0.489. The Balaban J connectivity index is 2.77. The molecule has 0 saturated heterocycles. The summed E-state index contributed by atoms with van der Waals surface area (Å²) in [4.78, 5) is 10.9. The van der Waals surface area contributed by atoms with Crippen LogP contribution in [0.3, 0.4) is 0 Å². The van der Waals surface area contributed by atoms with Gasteiger partial charge < -0.3 is 14.3 Å². The minimum absolute atomic E-state index is 0.0323. The van der Waals surface area contributed by atoms with Gasteiger partial charge in [0.25, 0.3) is 0 Å². The summed E-state index contributed by atoms with van der Waals surface area (Å²) in [5.41, 5.74) is 1.13. The van der Waals surface area contributed by atoms with Gasteiger partial charge in [0, 0.05) is 17.0 Å². The number of halogens is 1. The first-order valence-electron chi connectivity index (χ1n) is 4.54. The van der Waals surface area contributed by atoms with Crippen LogP contribution in [0.2, 0.25) is 0 Å². The Kier molecular flexibility index (Phi) is 2.63. The molecule has 0 aliphatic heterocycles. The summed E-state index contributed by atoms with van der Waals surface area (Å²) < 4.78 is 11.1. The minimum Gasteiger partial charge on any atom is -0.495 e. The molecule has 2 aromatic rings. The molecule has 0 unspecified atom stereocenters. The van der Waals surface area contributed by atoms with Gasteiger partial charge in [-0.05, 0) is 28.9 Å². The molecule has 0 aliphatic rings. The molecule has 0 atom stereocenters. The van der Waals surface area contributed by atoms with Crippen molar-refractivity contribution >= 4 is 32.9 Å². The van der Waals surface area contributed by atoms with Gasteiger partial charge in [0.1, 0.15) is 11.3 Å². The van der Waals surface area contributed by atoms with E-state index < -0.39 is 5.97 Å². The molecular formula is C11H9BrO4. The highest BCUT2D eigenvalue weighted by Gasteiger charge is 2.18. The van der Waals surface area contributed by atoms with Crippen LogP contribution in [-0.2, 0) is 0 Å². The molecule has 1 N–H and O–H groups in total. The van der Waals surface area contributed by atoms with Gasteiger partial charge in [0.05, 0.1) is 11.6 Å². The third-order valence-electron chi connectivity index (χ3n) is 2.40. The maximum atomic E-state index is 10.9. The van der Waals surface area contributed by atoms with E-state index in [1.807, 2.05) is 0 Å². The summed E-state index contributed by atoms with van der Waals surface area (Å²) >= 11 is 3.34. The van der Waals surface area contributed by atoms with Crippen LogP contribution in [0.25, 0.3) is 11.0 Å². The smallest absolute Gasteiger partial charge is 0.372 e. The van der Waals surface area contributed by atoms with Gasteiger partial charge >= 0.3 is 5.97 Å². The second kappa shape index (κ2) is 3.83. The third kappa shape index (κ3) is 1.57. The van der Waals surface area contributed by atoms with Gasteiger partial charge in [-0.3, -0.25) is 0 Å². The number of methoxy groups -OCH3 is 1. The molecule has 0 bridgehead atoms. The van der Waals surface area contributed by atoms with E-state index in [0.717, 1.165) is 9.86 Å². The fourth-order valence-electron chi connectivity index (χ4n) is 1.58. The number of ether oxygens (including phenoxy) is 1. The molecule has 84 valence electrons. The molecule has 16 heavy (non-hydrogen) atoms. The number of aromatic carboxylic acids is 1. The summed E-state index contributed by atoms with van der Waals surface area (Å²) in [7, 11) is 1.54. The van der Waals surface area contributed by atoms with E-state index in [1.54, 1.807) is 26.2 Å². The molecule has 0 radical (unpaired) electrons. The highest BCUT2D eigenvalue weighted by Crippen LogP contribution is 2.34. The van der Waals surface area contributed by atoms with E-state index in [4.69, 9.17) is 14.3 Å². The largest absolute Gasteiger partial charge is 0.495 e. The summed E-state index contributed by atoms with van der Waals surface area (Å²) in [6.07, 6.45) is 0. The molecule has 0 aliphatic carbocycles. The standard InChI is InChI=1S/C11H9BrO4/c1-5-6-3-7(12)9(15-2)4-8(6)16-10(5)11(13)14/h3-4H,1-2H3,(H,13,14). The predicted octanol–water partition coefficient (Wildman–Crippen LogP) is 3.21. The predicted molar refractivity (Wildman–Crippen MR) is 62.2 cm³/mol. The van der Waals surface area contributed by atoms with E-state index >= 15 is 0 Å². The molecule has 1 heterocycles. The quantitative estimate of drug-likeness (QED) is 0.920. The number of benzene rings is 1. The van der Waals surface area contributed by atoms with Crippen molar-refractivity contribution < 1.29 is 19.1 Å². The molecule has 5 heteroatoms. The van der Waals surface area contributed by atoms with Crippen molar-refractivity contribution in [2.24, 2.45) is 0 Å². The number of carboxylic acids is 1. The number of carboxylic acid groups (broad SMARTS) is 1. The molecule has 1 aromatic heterocycles. The Morgan fingerprint density at radius 1 is 1.50 bits per heavy atom. The van der Waals surface area contributed by atoms with Gasteiger partial charge in [-0.15, -0.1) is 0 Å². The van der Waals surface area contributed by atoms with Crippen LogP contribution < -0.4 is 4.74 Å². The SMILES string of the molecule is COc1cc2oc(C(=O)O)c(C)c2cc1Br. The molecule has 0 fully saturated rings. The Hall–Kier alpha value is -1.49. The van der Waals surface area contributed by atoms with Crippen molar-refractivity contribution in [1.82, 2.24) is 0 Å². The average Bonchev–Trinajstić information content (AvgIpc) is 2.55. The van der Waals surface area contributed by atoms with Crippen LogP contribution in [0.4, 0.5) is 0 Å². The lowest BCUT2D eigenvalue weighted by molar-refractivity contribution is 0.0664. The van der Waals surface area contributed by atoms with Gasteiger partial charge in [0.2, 0.25) is 5.76 Å². The second-order valence-electron chi connectivity index (χ2n) is 3.34. The van der Waals surface area contributed by atoms with Crippen LogP contribution in [-0.4, -0.2) is 18.2 Å². The number of carbonyl (C=O) groups is 1. The third-order valence-corrected chi connectivity index (χ3v) is 3.02. The lowest BCUT2D eigenvalue weighted by atomic mass is 10.1. The summed E-state index contributed by atoms with van der Waals surface area (Å²) in [5, 5.41) is 9.69. The van der Waals surface area contributed by atoms with E-state index in [2.05, 4.69) is 15.9 Å². The molecule has 1 aromatic carbocycles. The van der Waals surface area contributed by atoms with E-state index in [-0.39, 0.29) is 5.76 Å². The number of hydrogen-bond donors (Lipinski definition) is 1. The highest BCUT2D eigenvalue weighted by atomic mass is 79.9. The Labute approximate surface area is 99.9 Å². The number of hydrogen-bond acceptors (Lipinski definition) is 3. The van der Waals surface area contributed by atoms with Crippen molar-refractivity contribution in [2.75, 3.05) is 7.11 Å². The monoisotopic (exact) mass is 284 g/mol. The van der Waals surface area contributed by atoms with Gasteiger partial charge in [-0.25, -0.2) is 4.79 Å². The number of rotatable bonds is 2. The van der Waals surface area contributed by atoms with E-state index in [9.17, 15) is 4.79 Å². The van der Waals surface area contributed by atoms with Crippen LogP contribution >= 0.6 is 15.9 Å². The normalized spacial score (nSPS) is 10.7. The molecule has 2 rings (SSSR count). The van der Waals surface area contributed by atoms with Crippen LogP contribution in [0.1, 0.15) is 16.1 Å². The Bertz CT molecular complexity index is 571. The molecule has 0 amide bonds. The van der Waals surface area contributed by atoms with Crippen LogP contribution in [0.15, 0.2) is 21.0 Å². The molecule has 4 nitrogen and oxygen atoms in total. The fourth-order valence-corrected chi connectivity index (χ4v) is 2.09. The average molecular weight is 285 g/mol. The lowest BCUT2D eigenvalue weighted by Gasteiger charge is -2.01. The maximum absolute atomic E-state index is 10.9. The molecule has 0 saturated carbocycles. The van der Waals surface area contributed by atoms with Crippen molar-refractivity contribution in [2.45, 2.75) is 6.92 Å². The van der Waals surface area contributed by atoms with Crippen molar-refractivity contribution in [3.8, 4) is 5.75 Å². The number of furan rings is 1. The fraction of sp³-hybridized carbons (Fsp3) is 0.182. The maximum Gasteiger partial charge on any atom is 0.372 e. The zero-order valence-corrected chi connectivity index (χ0v) is 10.3. The molecular weight excluding hydrogens is 276 g/mol. The van der Waals surface area contributed by atoms with Crippen molar-refractivity contribution in [3.05, 3.63) is 27.9 Å². The first-order valence-corrected chi connectivity index (χ1v) is 5.34. The summed E-state index contributed by atoms with van der Waals surface area (Å²) in [6.45, 7) is 1.72.